The number of carbonyl (C=O) groups excluding carboxylic acids is 1. The first-order valence-corrected chi connectivity index (χ1v) is 10.8. The van der Waals surface area contributed by atoms with Crippen molar-refractivity contribution in [2.24, 2.45) is 0 Å². The Bertz CT molecular complexity index is 745. The quantitative estimate of drug-likeness (QED) is 0.741. The largest absolute Gasteiger partial charge is 0.492 e. The number of piperidine rings is 1. The molecule has 0 spiro atoms. The molecule has 1 unspecified atom stereocenters. The van der Waals surface area contributed by atoms with Crippen LogP contribution < -0.4 is 15.4 Å². The van der Waals surface area contributed by atoms with Crippen molar-refractivity contribution in [3.05, 3.63) is 18.2 Å². The van der Waals surface area contributed by atoms with Crippen LogP contribution in [-0.4, -0.2) is 50.9 Å². The number of hydrogen-bond acceptors (Lipinski definition) is 5. The van der Waals surface area contributed by atoms with Crippen LogP contribution in [0.2, 0.25) is 0 Å². The summed E-state index contributed by atoms with van der Waals surface area (Å²) in [5.41, 5.74) is 0.476. The zero-order valence-corrected chi connectivity index (χ0v) is 17.2. The number of carbonyl (C=O) groups is 1. The van der Waals surface area contributed by atoms with Crippen molar-refractivity contribution in [1.29, 1.82) is 0 Å². The minimum atomic E-state index is -3.63. The van der Waals surface area contributed by atoms with Gasteiger partial charge in [-0.2, -0.15) is 4.31 Å². The van der Waals surface area contributed by atoms with Gasteiger partial charge in [0.2, 0.25) is 15.9 Å². The van der Waals surface area contributed by atoms with Gasteiger partial charge in [-0.25, -0.2) is 8.42 Å². The lowest BCUT2D eigenvalue weighted by atomic mass is 10.0. The Hall–Kier alpha value is -1.35. The highest BCUT2D eigenvalue weighted by molar-refractivity contribution is 7.89. The molecule has 0 bridgehead atoms. The molecule has 1 aromatic carbocycles. The second kappa shape index (κ2) is 9.73. The third-order valence-electron chi connectivity index (χ3n) is 4.82. The van der Waals surface area contributed by atoms with Crippen LogP contribution in [0.15, 0.2) is 23.1 Å². The van der Waals surface area contributed by atoms with E-state index in [9.17, 15) is 13.2 Å². The maximum atomic E-state index is 13.0. The summed E-state index contributed by atoms with van der Waals surface area (Å²) >= 11 is 0. The Balaban J connectivity index is 0.00000261. The normalized spacial score (nSPS) is 20.7. The number of anilines is 1. The molecular weight excluding hydrogens is 390 g/mol. The Morgan fingerprint density at radius 1 is 1.26 bits per heavy atom. The second-order valence-corrected chi connectivity index (χ2v) is 8.60. The molecule has 1 atom stereocenters. The van der Waals surface area contributed by atoms with E-state index in [4.69, 9.17) is 4.74 Å². The molecule has 2 N–H and O–H groups in total. The van der Waals surface area contributed by atoms with E-state index in [2.05, 4.69) is 10.6 Å². The van der Waals surface area contributed by atoms with Crippen LogP contribution >= 0.6 is 12.4 Å². The van der Waals surface area contributed by atoms with Gasteiger partial charge in [0.15, 0.2) is 0 Å². The molecule has 0 aliphatic carbocycles. The van der Waals surface area contributed by atoms with Gasteiger partial charge in [-0.05, 0) is 57.4 Å². The summed E-state index contributed by atoms with van der Waals surface area (Å²) in [4.78, 5) is 12.6. The molecular formula is C18H28ClN3O4S. The summed E-state index contributed by atoms with van der Waals surface area (Å²) in [6, 6.07) is 4.60. The van der Waals surface area contributed by atoms with E-state index in [-0.39, 0.29) is 29.3 Å². The molecule has 2 fully saturated rings. The zero-order valence-electron chi connectivity index (χ0n) is 15.6. The minimum Gasteiger partial charge on any atom is -0.492 e. The first kappa shape index (κ1) is 21.9. The van der Waals surface area contributed by atoms with Crippen LogP contribution in [0.25, 0.3) is 0 Å². The van der Waals surface area contributed by atoms with Crippen molar-refractivity contribution in [1.82, 2.24) is 9.62 Å². The van der Waals surface area contributed by atoms with Crippen molar-refractivity contribution >= 4 is 34.0 Å². The van der Waals surface area contributed by atoms with Crippen LogP contribution in [0.4, 0.5) is 5.69 Å². The van der Waals surface area contributed by atoms with Crippen LogP contribution in [-0.2, 0) is 14.8 Å². The van der Waals surface area contributed by atoms with Crippen molar-refractivity contribution in [3.63, 3.8) is 0 Å². The summed E-state index contributed by atoms with van der Waals surface area (Å²) in [5, 5.41) is 6.04. The molecule has 0 radical (unpaired) electrons. The van der Waals surface area contributed by atoms with E-state index in [1.54, 1.807) is 12.1 Å². The molecule has 1 aromatic rings. The summed E-state index contributed by atoms with van der Waals surface area (Å²) in [6.07, 6.45) is 4.62. The molecule has 152 valence electrons. The Kier molecular flexibility index (Phi) is 7.91. The number of nitrogens with zero attached hydrogens (tertiary/aromatic N) is 1. The number of hydrogen-bond donors (Lipinski definition) is 2. The van der Waals surface area contributed by atoms with Gasteiger partial charge in [0, 0.05) is 18.8 Å². The van der Waals surface area contributed by atoms with Gasteiger partial charge < -0.3 is 15.4 Å². The van der Waals surface area contributed by atoms with Gasteiger partial charge >= 0.3 is 0 Å². The predicted molar refractivity (Wildman–Crippen MR) is 107 cm³/mol. The predicted octanol–water partition coefficient (Wildman–Crippen LogP) is 2.37. The van der Waals surface area contributed by atoms with Gasteiger partial charge in [0.1, 0.15) is 10.6 Å². The summed E-state index contributed by atoms with van der Waals surface area (Å²) in [7, 11) is -3.63. The minimum absolute atomic E-state index is 0. The van der Waals surface area contributed by atoms with Crippen LogP contribution in [0.3, 0.4) is 0 Å². The van der Waals surface area contributed by atoms with E-state index in [0.717, 1.165) is 38.6 Å². The molecule has 2 aliphatic rings. The zero-order chi connectivity index (χ0) is 18.6. The van der Waals surface area contributed by atoms with Crippen LogP contribution in [0.5, 0.6) is 5.75 Å². The highest BCUT2D eigenvalue weighted by Crippen LogP contribution is 2.31. The van der Waals surface area contributed by atoms with Crippen LogP contribution in [0.1, 0.15) is 39.0 Å². The Morgan fingerprint density at radius 2 is 2.00 bits per heavy atom. The molecule has 27 heavy (non-hydrogen) atoms. The van der Waals surface area contributed by atoms with Gasteiger partial charge in [0.05, 0.1) is 12.6 Å². The third-order valence-corrected chi connectivity index (χ3v) is 6.74. The molecule has 1 amide bonds. The number of nitrogens with one attached hydrogen (secondary N) is 2. The molecule has 2 saturated heterocycles. The third kappa shape index (κ3) is 5.13. The lowest BCUT2D eigenvalue weighted by molar-refractivity contribution is -0.118. The topological polar surface area (TPSA) is 87.7 Å². The van der Waals surface area contributed by atoms with E-state index in [1.165, 1.54) is 10.4 Å². The van der Waals surface area contributed by atoms with Crippen molar-refractivity contribution in [3.8, 4) is 5.75 Å². The number of ether oxygens (including phenoxy) is 1. The number of benzene rings is 1. The van der Waals surface area contributed by atoms with Crippen molar-refractivity contribution in [2.45, 2.75) is 50.0 Å². The van der Waals surface area contributed by atoms with Crippen molar-refractivity contribution in [2.75, 3.05) is 31.6 Å². The molecule has 2 heterocycles. The maximum Gasteiger partial charge on any atom is 0.246 e. The van der Waals surface area contributed by atoms with E-state index in [0.29, 0.717) is 31.1 Å². The van der Waals surface area contributed by atoms with E-state index in [1.807, 2.05) is 6.92 Å². The second-order valence-electron chi connectivity index (χ2n) is 6.70. The smallest absolute Gasteiger partial charge is 0.246 e. The summed E-state index contributed by atoms with van der Waals surface area (Å²) in [5.74, 6) is 0.201. The maximum absolute atomic E-state index is 13.0. The average Bonchev–Trinajstić information content (AvgIpc) is 3.19. The molecule has 0 aromatic heterocycles. The number of sulfonamides is 1. The monoisotopic (exact) mass is 417 g/mol. The van der Waals surface area contributed by atoms with Gasteiger partial charge in [-0.3, -0.25) is 4.79 Å². The molecule has 3 rings (SSSR count). The average molecular weight is 418 g/mol. The van der Waals surface area contributed by atoms with E-state index < -0.39 is 10.0 Å². The highest BCUT2D eigenvalue weighted by Gasteiger charge is 2.30. The standard InChI is InChI=1S/C18H27N3O4S.ClH/c1-2-25-16-9-8-14(20-18(22)15-7-3-4-10-19-15)13-17(16)26(23,24)21-11-5-6-12-21;/h8-9,13,15,19H,2-7,10-12H2,1H3,(H,20,22);1H. The van der Waals surface area contributed by atoms with Crippen LogP contribution in [0, 0.1) is 0 Å². The van der Waals surface area contributed by atoms with Crippen molar-refractivity contribution < 1.29 is 17.9 Å². The summed E-state index contributed by atoms with van der Waals surface area (Å²) < 4.78 is 33.0. The Labute approximate surface area is 167 Å². The lowest BCUT2D eigenvalue weighted by Gasteiger charge is -2.23. The fourth-order valence-electron chi connectivity index (χ4n) is 3.43. The summed E-state index contributed by atoms with van der Waals surface area (Å²) in [6.45, 7) is 4.07. The molecule has 0 saturated carbocycles. The Morgan fingerprint density at radius 3 is 2.63 bits per heavy atom. The highest BCUT2D eigenvalue weighted by atomic mass is 35.5. The molecule has 2 aliphatic heterocycles. The van der Waals surface area contributed by atoms with Gasteiger partial charge in [-0.1, -0.05) is 6.42 Å². The number of amides is 1. The van der Waals surface area contributed by atoms with E-state index >= 15 is 0 Å². The molecule has 7 nitrogen and oxygen atoms in total. The van der Waals surface area contributed by atoms with Gasteiger partial charge in [0.25, 0.3) is 0 Å². The SMILES string of the molecule is CCOc1ccc(NC(=O)C2CCCCN2)cc1S(=O)(=O)N1CCCC1.Cl. The molecule has 9 heteroatoms. The number of rotatable bonds is 6. The lowest BCUT2D eigenvalue weighted by Crippen LogP contribution is -2.43. The first-order valence-electron chi connectivity index (χ1n) is 9.33. The first-order chi connectivity index (χ1) is 12.5. The fourth-order valence-corrected chi connectivity index (χ4v) is 5.11. The number of halogens is 1. The fraction of sp³-hybridized carbons (Fsp3) is 0.611. The van der Waals surface area contributed by atoms with Gasteiger partial charge in [-0.15, -0.1) is 12.4 Å².